The van der Waals surface area contributed by atoms with Gasteiger partial charge in [0.1, 0.15) is 11.3 Å². The average molecular weight is 538 g/mol. The molecular weight excluding hydrogens is 494 g/mol. The van der Waals surface area contributed by atoms with Gasteiger partial charge in [0.2, 0.25) is 5.76 Å². The van der Waals surface area contributed by atoms with E-state index in [2.05, 4.69) is 62.1 Å². The number of cyclic esters (lactones) is 1. The second-order valence-electron chi connectivity index (χ2n) is 12.0. The van der Waals surface area contributed by atoms with Crippen LogP contribution in [0.4, 0.5) is 0 Å². The van der Waals surface area contributed by atoms with Crippen LogP contribution in [-0.2, 0) is 25.4 Å². The van der Waals surface area contributed by atoms with Crippen molar-refractivity contribution in [1.82, 2.24) is 4.90 Å². The molecule has 0 radical (unpaired) electrons. The third-order valence-electron chi connectivity index (χ3n) is 9.02. The molecule has 0 bridgehead atoms. The number of piperidine rings is 1. The topological polar surface area (TPSA) is 88.5 Å². The number of rotatable bonds is 8. The third-order valence-corrected chi connectivity index (χ3v) is 9.02. The van der Waals surface area contributed by atoms with Gasteiger partial charge in [-0.25, -0.2) is 4.79 Å². The molecule has 5 rings (SSSR count). The standard InChI is InChI=1S/C32H43NO6/c1-19(2)12-13-26(35)24-16-22(15-21-9-6-5-7-10-21)17-25-28-20(3)29(38-27(28)11-8-14-33(24)25)31-30(37-4)23(18-34)32(36)39-31/h5-7,9-11,19-20,22,24-26,28,34-35H,8,12-18H2,1-4H3/t20-,22-,24+,25-,26+,28+/m1/s1. The lowest BCUT2D eigenvalue weighted by atomic mass is 9.73. The second kappa shape index (κ2) is 11.9. The van der Waals surface area contributed by atoms with E-state index in [9.17, 15) is 15.0 Å². The van der Waals surface area contributed by atoms with Crippen molar-refractivity contribution in [2.75, 3.05) is 20.3 Å². The van der Waals surface area contributed by atoms with Gasteiger partial charge in [-0.1, -0.05) is 51.1 Å². The molecule has 6 atom stereocenters. The highest BCUT2D eigenvalue weighted by molar-refractivity contribution is 5.94. The lowest BCUT2D eigenvalue weighted by Crippen LogP contribution is -2.57. The Morgan fingerprint density at radius 2 is 1.90 bits per heavy atom. The fraction of sp³-hybridized carbons (Fsp3) is 0.594. The van der Waals surface area contributed by atoms with E-state index in [1.54, 1.807) is 0 Å². The number of fused-ring (bicyclic) bond motifs is 3. The summed E-state index contributed by atoms with van der Waals surface area (Å²) in [5.74, 6) is 2.45. The fourth-order valence-corrected chi connectivity index (χ4v) is 7.12. The summed E-state index contributed by atoms with van der Waals surface area (Å²) in [6.07, 6.45) is 7.42. The zero-order chi connectivity index (χ0) is 27.7. The first-order valence-electron chi connectivity index (χ1n) is 14.5. The van der Waals surface area contributed by atoms with E-state index in [0.717, 1.165) is 50.8 Å². The largest absolute Gasteiger partial charge is 0.492 e. The van der Waals surface area contributed by atoms with Crippen LogP contribution in [0, 0.1) is 23.7 Å². The average Bonchev–Trinajstić information content (AvgIpc) is 3.35. The number of benzene rings is 1. The number of nitrogens with zero attached hydrogens (tertiary/aromatic N) is 1. The molecule has 0 aliphatic carbocycles. The molecule has 4 heterocycles. The molecule has 0 saturated carbocycles. The van der Waals surface area contributed by atoms with Crippen LogP contribution in [0.5, 0.6) is 0 Å². The SMILES string of the molecule is COC1=C(CO)C(=O)OC1=C1OC2=CCCN3[C@H](C[C@H](Cc4ccccc4)C[C@H]3[C@@H](O)CCC(C)C)[C@@H]2[C@H]1C. The first-order valence-corrected chi connectivity index (χ1v) is 14.5. The number of allylic oxidation sites excluding steroid dienone is 1. The summed E-state index contributed by atoms with van der Waals surface area (Å²) in [4.78, 5) is 15.0. The van der Waals surface area contributed by atoms with Gasteiger partial charge in [-0.2, -0.15) is 0 Å². The Balaban J connectivity index is 1.48. The number of aliphatic hydroxyl groups excluding tert-OH is 2. The minimum absolute atomic E-state index is 0.0585. The number of hydrogen-bond donors (Lipinski definition) is 2. The van der Waals surface area contributed by atoms with E-state index in [1.807, 2.05) is 0 Å². The molecule has 212 valence electrons. The van der Waals surface area contributed by atoms with Crippen molar-refractivity contribution >= 4 is 5.97 Å². The Morgan fingerprint density at radius 1 is 1.13 bits per heavy atom. The lowest BCUT2D eigenvalue weighted by Gasteiger charge is -2.49. The van der Waals surface area contributed by atoms with E-state index >= 15 is 0 Å². The van der Waals surface area contributed by atoms with Gasteiger partial charge in [-0.05, 0) is 62.0 Å². The molecule has 1 aromatic carbocycles. The highest BCUT2D eigenvalue weighted by Crippen LogP contribution is 2.50. The number of carbonyl (C=O) groups excluding carboxylic acids is 1. The summed E-state index contributed by atoms with van der Waals surface area (Å²) in [5, 5.41) is 21.2. The zero-order valence-corrected chi connectivity index (χ0v) is 23.6. The molecule has 7 nitrogen and oxygen atoms in total. The van der Waals surface area contributed by atoms with E-state index in [1.165, 1.54) is 12.7 Å². The number of hydrogen-bond acceptors (Lipinski definition) is 7. The van der Waals surface area contributed by atoms with Crippen molar-refractivity contribution in [2.45, 2.75) is 77.5 Å². The van der Waals surface area contributed by atoms with E-state index in [4.69, 9.17) is 14.2 Å². The molecular formula is C32H43NO6. The van der Waals surface area contributed by atoms with Gasteiger partial charge in [0.05, 0.1) is 19.8 Å². The molecule has 39 heavy (non-hydrogen) atoms. The van der Waals surface area contributed by atoms with Gasteiger partial charge < -0.3 is 24.4 Å². The molecule has 0 amide bonds. The molecule has 0 aromatic heterocycles. The Hall–Kier alpha value is -2.61. The maximum atomic E-state index is 12.4. The molecule has 0 unspecified atom stereocenters. The molecule has 7 heteroatoms. The van der Waals surface area contributed by atoms with Gasteiger partial charge in [0.15, 0.2) is 11.5 Å². The molecule has 1 aromatic rings. The van der Waals surface area contributed by atoms with Crippen LogP contribution in [0.3, 0.4) is 0 Å². The summed E-state index contributed by atoms with van der Waals surface area (Å²) < 4.78 is 17.6. The van der Waals surface area contributed by atoms with Gasteiger partial charge in [0.25, 0.3) is 0 Å². The molecule has 2 fully saturated rings. The predicted octanol–water partition coefficient (Wildman–Crippen LogP) is 4.71. The lowest BCUT2D eigenvalue weighted by molar-refractivity contribution is -0.133. The minimum atomic E-state index is -0.593. The Labute approximate surface area is 232 Å². The Bertz CT molecular complexity index is 1140. The third kappa shape index (κ3) is 5.54. The van der Waals surface area contributed by atoms with Crippen LogP contribution in [0.15, 0.2) is 65.0 Å². The number of aliphatic hydroxyl groups is 2. The summed E-state index contributed by atoms with van der Waals surface area (Å²) in [6.45, 7) is 6.99. The molecule has 2 N–H and O–H groups in total. The van der Waals surface area contributed by atoms with Crippen LogP contribution < -0.4 is 0 Å². The van der Waals surface area contributed by atoms with E-state index in [0.29, 0.717) is 17.6 Å². The van der Waals surface area contributed by atoms with Gasteiger partial charge in [0, 0.05) is 30.5 Å². The normalized spacial score (nSPS) is 31.8. The van der Waals surface area contributed by atoms with Gasteiger partial charge in [-0.3, -0.25) is 4.90 Å². The monoisotopic (exact) mass is 537 g/mol. The fourth-order valence-electron chi connectivity index (χ4n) is 7.12. The highest BCUT2D eigenvalue weighted by Gasteiger charge is 2.51. The molecule has 4 aliphatic rings. The summed E-state index contributed by atoms with van der Waals surface area (Å²) in [5.41, 5.74) is 1.45. The molecule has 0 spiro atoms. The maximum absolute atomic E-state index is 12.4. The molecule has 4 aliphatic heterocycles. The van der Waals surface area contributed by atoms with Crippen LogP contribution in [0.2, 0.25) is 0 Å². The number of ether oxygens (including phenoxy) is 3. The van der Waals surface area contributed by atoms with Crippen molar-refractivity contribution in [1.29, 1.82) is 0 Å². The second-order valence-corrected chi connectivity index (χ2v) is 12.0. The van der Waals surface area contributed by atoms with Crippen LogP contribution in [0.1, 0.15) is 58.4 Å². The first-order chi connectivity index (χ1) is 18.8. The quantitative estimate of drug-likeness (QED) is 0.465. The van der Waals surface area contributed by atoms with Crippen LogP contribution in [-0.4, -0.2) is 59.5 Å². The smallest absolute Gasteiger partial charge is 0.345 e. The summed E-state index contributed by atoms with van der Waals surface area (Å²) >= 11 is 0. The van der Waals surface area contributed by atoms with Gasteiger partial charge >= 0.3 is 5.97 Å². The van der Waals surface area contributed by atoms with Gasteiger partial charge in [-0.15, -0.1) is 0 Å². The van der Waals surface area contributed by atoms with Crippen LogP contribution in [0.25, 0.3) is 0 Å². The van der Waals surface area contributed by atoms with Crippen molar-refractivity contribution in [2.24, 2.45) is 23.7 Å². The molecule has 2 saturated heterocycles. The Morgan fingerprint density at radius 3 is 2.59 bits per heavy atom. The first kappa shape index (κ1) is 27.9. The predicted molar refractivity (Wildman–Crippen MR) is 148 cm³/mol. The van der Waals surface area contributed by atoms with E-state index < -0.39 is 12.6 Å². The van der Waals surface area contributed by atoms with E-state index in [-0.39, 0.29) is 47.1 Å². The maximum Gasteiger partial charge on any atom is 0.345 e. The zero-order valence-electron chi connectivity index (χ0n) is 23.6. The highest BCUT2D eigenvalue weighted by atomic mass is 16.6. The van der Waals surface area contributed by atoms with Crippen molar-refractivity contribution in [3.8, 4) is 0 Å². The van der Waals surface area contributed by atoms with Crippen molar-refractivity contribution in [3.05, 3.63) is 70.6 Å². The summed E-state index contributed by atoms with van der Waals surface area (Å²) in [7, 11) is 1.48. The number of carbonyl (C=O) groups is 1. The minimum Gasteiger partial charge on any atom is -0.492 e. The number of esters is 1. The van der Waals surface area contributed by atoms with Crippen molar-refractivity contribution < 1.29 is 29.2 Å². The summed E-state index contributed by atoms with van der Waals surface area (Å²) in [6, 6.07) is 10.9. The van der Waals surface area contributed by atoms with Crippen molar-refractivity contribution in [3.63, 3.8) is 0 Å². The number of methoxy groups -OCH3 is 1. The van der Waals surface area contributed by atoms with Crippen LogP contribution >= 0.6 is 0 Å². The Kier molecular flexibility index (Phi) is 8.50.